The summed E-state index contributed by atoms with van der Waals surface area (Å²) in [6.45, 7) is 6.23. The first-order valence-electron chi connectivity index (χ1n) is 7.74. The van der Waals surface area contributed by atoms with E-state index in [4.69, 9.17) is 0 Å². The lowest BCUT2D eigenvalue weighted by atomic mass is 10.1. The maximum absolute atomic E-state index is 12.5. The zero-order valence-corrected chi connectivity index (χ0v) is 13.6. The van der Waals surface area contributed by atoms with Crippen LogP contribution in [0.25, 0.3) is 0 Å². The van der Waals surface area contributed by atoms with E-state index in [0.717, 1.165) is 22.4 Å². The Hall–Kier alpha value is -2.62. The highest BCUT2D eigenvalue weighted by atomic mass is 16.2. The van der Waals surface area contributed by atoms with Crippen LogP contribution in [0.2, 0.25) is 0 Å². The number of carbonyl (C=O) groups is 2. The van der Waals surface area contributed by atoms with Crippen LogP contribution in [0.1, 0.15) is 34.0 Å². The summed E-state index contributed by atoms with van der Waals surface area (Å²) in [5.41, 5.74) is 4.62. The Morgan fingerprint density at radius 3 is 2.61 bits per heavy atom. The summed E-state index contributed by atoms with van der Waals surface area (Å²) in [7, 11) is 0. The van der Waals surface area contributed by atoms with Crippen molar-refractivity contribution in [2.24, 2.45) is 0 Å². The Labute approximate surface area is 136 Å². The number of fused-ring (bicyclic) bond motifs is 1. The first-order chi connectivity index (χ1) is 11.0. The maximum atomic E-state index is 12.5. The van der Waals surface area contributed by atoms with E-state index >= 15 is 0 Å². The molecule has 4 nitrogen and oxygen atoms in total. The lowest BCUT2D eigenvalue weighted by Gasteiger charge is -2.23. The van der Waals surface area contributed by atoms with E-state index < -0.39 is 6.04 Å². The number of benzene rings is 2. The molecule has 1 aliphatic rings. The predicted molar refractivity (Wildman–Crippen MR) is 90.3 cm³/mol. The summed E-state index contributed by atoms with van der Waals surface area (Å²) in [5.74, 6) is -0.248. The molecular formula is C19H20N2O2. The molecule has 0 saturated carbocycles. The van der Waals surface area contributed by atoms with Crippen LogP contribution in [0.3, 0.4) is 0 Å². The van der Waals surface area contributed by atoms with Gasteiger partial charge in [0.25, 0.3) is 5.91 Å². The Kier molecular flexibility index (Phi) is 3.90. The number of rotatable bonds is 3. The minimum atomic E-state index is -0.518. The predicted octanol–water partition coefficient (Wildman–Crippen LogP) is 3.29. The van der Waals surface area contributed by atoms with E-state index in [1.54, 1.807) is 11.8 Å². The second kappa shape index (κ2) is 5.88. The molecule has 1 N–H and O–H groups in total. The molecule has 0 fully saturated rings. The summed E-state index contributed by atoms with van der Waals surface area (Å²) < 4.78 is 0. The minimum Gasteiger partial charge on any atom is -0.324 e. The highest BCUT2D eigenvalue weighted by molar-refractivity contribution is 6.03. The Bertz CT molecular complexity index is 783. The third-order valence-electron chi connectivity index (χ3n) is 4.34. The molecule has 3 rings (SSSR count). The van der Waals surface area contributed by atoms with Crippen LogP contribution in [0.4, 0.5) is 5.69 Å². The number of carbonyl (C=O) groups excluding carboxylic acids is 2. The van der Waals surface area contributed by atoms with Gasteiger partial charge in [-0.3, -0.25) is 9.59 Å². The molecule has 1 atom stereocenters. The average molecular weight is 308 g/mol. The van der Waals surface area contributed by atoms with Crippen molar-refractivity contribution < 1.29 is 9.59 Å². The molecule has 0 spiro atoms. The van der Waals surface area contributed by atoms with E-state index in [1.807, 2.05) is 56.3 Å². The second-order valence-electron chi connectivity index (χ2n) is 6.07. The lowest BCUT2D eigenvalue weighted by molar-refractivity contribution is -0.120. The number of nitrogens with zero attached hydrogens (tertiary/aromatic N) is 1. The molecular weight excluding hydrogens is 288 g/mol. The molecule has 0 aromatic heterocycles. The SMILES string of the molecule is Cc1ccc(NC(=O)[C@@H](C)N2Cc3ccccc3C2=O)c(C)c1. The zero-order valence-electron chi connectivity index (χ0n) is 13.6. The van der Waals surface area contributed by atoms with Gasteiger partial charge in [0.15, 0.2) is 0 Å². The first-order valence-corrected chi connectivity index (χ1v) is 7.74. The van der Waals surface area contributed by atoms with Gasteiger partial charge in [0.2, 0.25) is 5.91 Å². The normalized spacial score (nSPS) is 14.6. The standard InChI is InChI=1S/C19H20N2O2/c1-12-8-9-17(13(2)10-12)20-18(22)14(3)21-11-15-6-4-5-7-16(15)19(21)23/h4-10,14H,11H2,1-3H3,(H,20,22)/t14-/m1/s1. The van der Waals surface area contributed by atoms with E-state index in [1.165, 1.54) is 0 Å². The van der Waals surface area contributed by atoms with Crippen molar-refractivity contribution >= 4 is 17.5 Å². The Balaban J connectivity index is 1.75. The third kappa shape index (κ3) is 2.84. The van der Waals surface area contributed by atoms with Crippen LogP contribution in [0, 0.1) is 13.8 Å². The van der Waals surface area contributed by atoms with Crippen molar-refractivity contribution in [1.82, 2.24) is 4.90 Å². The summed E-state index contributed by atoms with van der Waals surface area (Å²) in [5, 5.41) is 2.93. The number of anilines is 1. The van der Waals surface area contributed by atoms with E-state index in [2.05, 4.69) is 5.32 Å². The van der Waals surface area contributed by atoms with Crippen LogP contribution >= 0.6 is 0 Å². The smallest absolute Gasteiger partial charge is 0.255 e. The first kappa shape index (κ1) is 15.3. The highest BCUT2D eigenvalue weighted by Gasteiger charge is 2.33. The van der Waals surface area contributed by atoms with Gasteiger partial charge in [0, 0.05) is 17.8 Å². The fraction of sp³-hybridized carbons (Fsp3) is 0.263. The average Bonchev–Trinajstić information content (AvgIpc) is 2.87. The maximum Gasteiger partial charge on any atom is 0.255 e. The monoisotopic (exact) mass is 308 g/mol. The Morgan fingerprint density at radius 1 is 1.17 bits per heavy atom. The molecule has 0 aliphatic carbocycles. The third-order valence-corrected chi connectivity index (χ3v) is 4.34. The molecule has 1 aliphatic heterocycles. The van der Waals surface area contributed by atoms with Gasteiger partial charge in [-0.15, -0.1) is 0 Å². The molecule has 0 saturated heterocycles. The van der Waals surface area contributed by atoms with Crippen molar-refractivity contribution in [3.8, 4) is 0 Å². The fourth-order valence-electron chi connectivity index (χ4n) is 2.92. The van der Waals surface area contributed by atoms with Gasteiger partial charge in [0.05, 0.1) is 0 Å². The van der Waals surface area contributed by atoms with Gasteiger partial charge in [-0.2, -0.15) is 0 Å². The van der Waals surface area contributed by atoms with Gasteiger partial charge in [-0.25, -0.2) is 0 Å². The summed E-state index contributed by atoms with van der Waals surface area (Å²) >= 11 is 0. The highest BCUT2D eigenvalue weighted by Crippen LogP contribution is 2.25. The Morgan fingerprint density at radius 2 is 1.91 bits per heavy atom. The summed E-state index contributed by atoms with van der Waals surface area (Å²) in [6.07, 6.45) is 0. The molecule has 0 radical (unpaired) electrons. The second-order valence-corrected chi connectivity index (χ2v) is 6.07. The number of hydrogen-bond donors (Lipinski definition) is 1. The number of aryl methyl sites for hydroxylation is 2. The molecule has 23 heavy (non-hydrogen) atoms. The van der Waals surface area contributed by atoms with Gasteiger partial charge >= 0.3 is 0 Å². The van der Waals surface area contributed by atoms with Crippen molar-refractivity contribution in [2.45, 2.75) is 33.4 Å². The minimum absolute atomic E-state index is 0.0797. The van der Waals surface area contributed by atoms with Crippen LogP contribution < -0.4 is 5.32 Å². The van der Waals surface area contributed by atoms with Crippen molar-refractivity contribution in [2.75, 3.05) is 5.32 Å². The van der Waals surface area contributed by atoms with Crippen LogP contribution in [0.5, 0.6) is 0 Å². The lowest BCUT2D eigenvalue weighted by Crippen LogP contribution is -2.42. The van der Waals surface area contributed by atoms with Crippen molar-refractivity contribution in [3.63, 3.8) is 0 Å². The van der Waals surface area contributed by atoms with Gasteiger partial charge in [-0.1, -0.05) is 35.9 Å². The molecule has 0 unspecified atom stereocenters. The van der Waals surface area contributed by atoms with Crippen molar-refractivity contribution in [3.05, 3.63) is 64.7 Å². The molecule has 2 aromatic carbocycles. The largest absolute Gasteiger partial charge is 0.324 e. The number of amides is 2. The van der Waals surface area contributed by atoms with Crippen LogP contribution in [0.15, 0.2) is 42.5 Å². The summed E-state index contributed by atoms with van der Waals surface area (Å²) in [4.78, 5) is 26.6. The molecule has 4 heteroatoms. The molecule has 1 heterocycles. The van der Waals surface area contributed by atoms with E-state index in [-0.39, 0.29) is 11.8 Å². The topological polar surface area (TPSA) is 49.4 Å². The molecule has 2 amide bonds. The molecule has 0 bridgehead atoms. The molecule has 118 valence electrons. The number of nitrogens with one attached hydrogen (secondary N) is 1. The van der Waals surface area contributed by atoms with E-state index in [9.17, 15) is 9.59 Å². The fourth-order valence-corrected chi connectivity index (χ4v) is 2.92. The zero-order chi connectivity index (χ0) is 16.6. The molecule has 2 aromatic rings. The quantitative estimate of drug-likeness (QED) is 0.946. The van der Waals surface area contributed by atoms with Gasteiger partial charge in [0.1, 0.15) is 6.04 Å². The summed E-state index contributed by atoms with van der Waals surface area (Å²) in [6, 6.07) is 12.9. The van der Waals surface area contributed by atoms with Crippen LogP contribution in [-0.4, -0.2) is 22.8 Å². The van der Waals surface area contributed by atoms with Gasteiger partial charge < -0.3 is 10.2 Å². The van der Waals surface area contributed by atoms with Crippen molar-refractivity contribution in [1.29, 1.82) is 0 Å². The number of hydrogen-bond acceptors (Lipinski definition) is 2. The van der Waals surface area contributed by atoms with E-state index in [0.29, 0.717) is 12.1 Å². The van der Waals surface area contributed by atoms with Gasteiger partial charge in [-0.05, 0) is 44.0 Å². The van der Waals surface area contributed by atoms with Crippen LogP contribution in [-0.2, 0) is 11.3 Å².